The van der Waals surface area contributed by atoms with Gasteiger partial charge in [0.05, 0.1) is 13.3 Å². The molecule has 0 spiro atoms. The number of alkyl halides is 1. The molecule has 46 heavy (non-hydrogen) atoms. The highest BCUT2D eigenvalue weighted by molar-refractivity contribution is 5.38. The molecular formula is C43H64FNO. The van der Waals surface area contributed by atoms with Crippen LogP contribution < -0.4 is 5.73 Å². The molecule has 0 bridgehead atoms. The van der Waals surface area contributed by atoms with Crippen LogP contribution in [0.15, 0.2) is 66.3 Å². The van der Waals surface area contributed by atoms with Crippen molar-refractivity contribution in [3.8, 4) is 0 Å². The van der Waals surface area contributed by atoms with Crippen molar-refractivity contribution in [3.63, 3.8) is 0 Å². The monoisotopic (exact) mass is 629 g/mol. The maximum Gasteiger partial charge on any atom is 0.0954 e. The summed E-state index contributed by atoms with van der Waals surface area (Å²) < 4.78 is 20.5. The van der Waals surface area contributed by atoms with Crippen LogP contribution in [0, 0.1) is 51.8 Å². The minimum Gasteiger partial charge on any atom is -0.377 e. The third-order valence-electron chi connectivity index (χ3n) is 15.0. The summed E-state index contributed by atoms with van der Waals surface area (Å²) in [5.41, 5.74) is 12.2. The van der Waals surface area contributed by atoms with Crippen molar-refractivity contribution < 1.29 is 9.13 Å². The highest BCUT2D eigenvalue weighted by Crippen LogP contribution is 2.70. The maximum absolute atomic E-state index is 14.5. The second-order valence-corrected chi connectivity index (χ2v) is 17.2. The van der Waals surface area contributed by atoms with Crippen LogP contribution >= 0.6 is 0 Å². The molecule has 2 N–H and O–H groups in total. The van der Waals surface area contributed by atoms with E-state index in [0.29, 0.717) is 30.0 Å². The third-order valence-corrected chi connectivity index (χ3v) is 15.0. The van der Waals surface area contributed by atoms with Crippen molar-refractivity contribution in [3.05, 3.63) is 71.8 Å². The quantitative estimate of drug-likeness (QED) is 0.241. The number of hydrogen-bond acceptors (Lipinski definition) is 2. The number of rotatable bonds is 7. The van der Waals surface area contributed by atoms with E-state index >= 15 is 0 Å². The Morgan fingerprint density at radius 3 is 2.39 bits per heavy atom. The maximum atomic E-state index is 14.5. The highest BCUT2D eigenvalue weighted by atomic mass is 19.1. The van der Waals surface area contributed by atoms with E-state index in [1.807, 2.05) is 25.1 Å². The van der Waals surface area contributed by atoms with Gasteiger partial charge in [-0.3, -0.25) is 4.39 Å². The van der Waals surface area contributed by atoms with Gasteiger partial charge in [-0.15, -0.1) is 6.58 Å². The summed E-state index contributed by atoms with van der Waals surface area (Å²) in [6.45, 7) is 14.2. The summed E-state index contributed by atoms with van der Waals surface area (Å²) in [4.78, 5) is 0. The molecule has 0 aromatic heterocycles. The van der Waals surface area contributed by atoms with Crippen LogP contribution in [0.3, 0.4) is 0 Å². The Balaban J connectivity index is 0.00000119. The van der Waals surface area contributed by atoms with E-state index in [1.54, 1.807) is 11.6 Å². The van der Waals surface area contributed by atoms with Crippen molar-refractivity contribution in [2.24, 2.45) is 57.5 Å². The lowest BCUT2D eigenvalue weighted by atomic mass is 9.38. The lowest BCUT2D eigenvalue weighted by Crippen LogP contribution is -2.62. The van der Waals surface area contributed by atoms with Crippen LogP contribution in [0.25, 0.3) is 0 Å². The van der Waals surface area contributed by atoms with Gasteiger partial charge in [0, 0.05) is 17.6 Å². The van der Waals surface area contributed by atoms with Gasteiger partial charge in [0.15, 0.2) is 0 Å². The number of benzene rings is 1. The molecule has 0 saturated heterocycles. The zero-order valence-electron chi connectivity index (χ0n) is 29.7. The summed E-state index contributed by atoms with van der Waals surface area (Å²) in [6.07, 6.45) is 24.0. The first-order valence-electron chi connectivity index (χ1n) is 19.1. The first-order chi connectivity index (χ1) is 22.1. The molecule has 4 saturated carbocycles. The van der Waals surface area contributed by atoms with Crippen LogP contribution in [-0.2, 0) is 11.3 Å². The van der Waals surface area contributed by atoms with Crippen molar-refractivity contribution in [2.75, 3.05) is 13.3 Å². The molecular weight excluding hydrogens is 565 g/mol. The SMILES string of the molecule is C=CC.CC1C(C2=CC[C@@](CF)(CCOCc3ccccc3)CC2)=CCC2(C)C1CCC1(C)C3CCC4(N)CCC[C@@H]4C3CCC21. The van der Waals surface area contributed by atoms with Crippen LogP contribution in [0.5, 0.6) is 0 Å². The molecule has 0 radical (unpaired) electrons. The van der Waals surface area contributed by atoms with E-state index < -0.39 is 0 Å². The zero-order chi connectivity index (χ0) is 32.6. The molecule has 1 aromatic carbocycles. The van der Waals surface area contributed by atoms with Gasteiger partial charge in [-0.25, -0.2) is 0 Å². The molecule has 0 aliphatic heterocycles. The lowest BCUT2D eigenvalue weighted by Gasteiger charge is -2.67. The van der Waals surface area contributed by atoms with E-state index in [2.05, 4.69) is 51.6 Å². The van der Waals surface area contributed by atoms with Crippen LogP contribution in [0.2, 0.25) is 0 Å². The fraction of sp³-hybridized carbons (Fsp3) is 0.721. The molecule has 4 fully saturated rings. The van der Waals surface area contributed by atoms with Crippen molar-refractivity contribution in [1.29, 1.82) is 0 Å². The Morgan fingerprint density at radius 2 is 1.67 bits per heavy atom. The Kier molecular flexibility index (Phi) is 10.1. The topological polar surface area (TPSA) is 35.2 Å². The standard InChI is InChI=1S/C40H58FNO.C3H6/c1-28-31(30-13-21-39(27-41,22-14-30)24-25-43-26-29-8-5-4-6-9-29)15-19-37(2)33(28)16-20-38(3)34-17-23-40(42)18-7-10-35(40)32(34)11-12-36(37)38;1-3-2/h4-6,8-9,13,15,28,32-36H,7,10-12,14,16-27,42H2,1-3H3;3H,1H2,2H3/t28?,32?,33?,34?,35-,36?,37?,38?,39+,40?;/m1./s1. The molecule has 6 aliphatic rings. The van der Waals surface area contributed by atoms with E-state index in [1.165, 1.54) is 75.3 Å². The molecule has 8 unspecified atom stereocenters. The number of hydrogen-bond donors (Lipinski definition) is 1. The van der Waals surface area contributed by atoms with Crippen molar-refractivity contribution in [1.82, 2.24) is 0 Å². The highest BCUT2D eigenvalue weighted by Gasteiger charge is 2.63. The Bertz CT molecular complexity index is 1270. The Labute approximate surface area is 280 Å². The van der Waals surface area contributed by atoms with Gasteiger partial charge in [0.2, 0.25) is 0 Å². The predicted molar refractivity (Wildman–Crippen MR) is 191 cm³/mol. The second kappa shape index (κ2) is 13.7. The molecule has 6 aliphatic carbocycles. The van der Waals surface area contributed by atoms with Gasteiger partial charge in [-0.05, 0) is 153 Å². The fourth-order valence-electron chi connectivity index (χ4n) is 12.6. The van der Waals surface area contributed by atoms with Crippen molar-refractivity contribution in [2.45, 2.75) is 130 Å². The Morgan fingerprint density at radius 1 is 0.913 bits per heavy atom. The molecule has 254 valence electrons. The summed E-state index contributed by atoms with van der Waals surface area (Å²) in [5.74, 6) is 4.76. The summed E-state index contributed by atoms with van der Waals surface area (Å²) >= 11 is 0. The number of halogens is 1. The average molecular weight is 630 g/mol. The molecule has 3 heteroatoms. The van der Waals surface area contributed by atoms with Gasteiger partial charge in [-0.1, -0.05) is 75.8 Å². The first kappa shape index (κ1) is 34.2. The zero-order valence-corrected chi connectivity index (χ0v) is 29.7. The van der Waals surface area contributed by atoms with Gasteiger partial charge in [-0.2, -0.15) is 0 Å². The van der Waals surface area contributed by atoms with E-state index in [9.17, 15) is 4.39 Å². The first-order valence-corrected chi connectivity index (χ1v) is 19.1. The minimum atomic E-state index is -0.251. The molecule has 10 atom stereocenters. The van der Waals surface area contributed by atoms with Gasteiger partial charge in [0.25, 0.3) is 0 Å². The van der Waals surface area contributed by atoms with Gasteiger partial charge in [0.1, 0.15) is 0 Å². The normalized spacial score (nSPS) is 43.0. The largest absolute Gasteiger partial charge is 0.377 e. The number of ether oxygens (including phenoxy) is 1. The van der Waals surface area contributed by atoms with Crippen LogP contribution in [0.1, 0.15) is 123 Å². The number of nitrogens with two attached hydrogens (primary N) is 1. The minimum absolute atomic E-state index is 0.158. The Hall–Kier alpha value is -1.71. The smallest absolute Gasteiger partial charge is 0.0954 e. The molecule has 1 aromatic rings. The summed E-state index contributed by atoms with van der Waals surface area (Å²) in [6, 6.07) is 10.3. The lowest BCUT2D eigenvalue weighted by molar-refractivity contribution is -0.164. The molecule has 7 rings (SSSR count). The van der Waals surface area contributed by atoms with E-state index in [4.69, 9.17) is 10.5 Å². The summed E-state index contributed by atoms with van der Waals surface area (Å²) in [7, 11) is 0. The predicted octanol–water partition coefficient (Wildman–Crippen LogP) is 11.2. The number of fused-ring (bicyclic) bond motifs is 7. The third kappa shape index (κ3) is 6.04. The van der Waals surface area contributed by atoms with Crippen LogP contribution in [-0.4, -0.2) is 18.8 Å². The average Bonchev–Trinajstić information content (AvgIpc) is 3.46. The molecule has 0 heterocycles. The van der Waals surface area contributed by atoms with E-state index in [-0.39, 0.29) is 17.6 Å². The summed E-state index contributed by atoms with van der Waals surface area (Å²) in [5, 5.41) is 0. The number of allylic oxidation sites excluding steroid dienone is 5. The van der Waals surface area contributed by atoms with E-state index in [0.717, 1.165) is 55.3 Å². The molecule has 0 amide bonds. The second-order valence-electron chi connectivity index (χ2n) is 17.2. The fourth-order valence-corrected chi connectivity index (χ4v) is 12.6. The molecule has 2 nitrogen and oxygen atoms in total. The van der Waals surface area contributed by atoms with Gasteiger partial charge >= 0.3 is 0 Å². The van der Waals surface area contributed by atoms with Crippen molar-refractivity contribution >= 4 is 0 Å². The van der Waals surface area contributed by atoms with Crippen LogP contribution in [0.4, 0.5) is 4.39 Å². The van der Waals surface area contributed by atoms with Gasteiger partial charge < -0.3 is 10.5 Å².